The quantitative estimate of drug-likeness (QED) is 0.0823. The standard InChI is InChI=1S/2C13H8N2O7.C4H4O3/c2*16-12-4-2-1-3-11(12)13(17)22-10-6-8(14(18)19)5-9(7-10)15(20)21;5-3-1-2-4(6)7-3/h2*1-7,16H;1-2H2. The van der Waals surface area contributed by atoms with Crippen LogP contribution in [0.3, 0.4) is 0 Å². The van der Waals surface area contributed by atoms with Crippen LogP contribution in [0.25, 0.3) is 0 Å². The van der Waals surface area contributed by atoms with Gasteiger partial charge in [0.1, 0.15) is 34.1 Å². The van der Waals surface area contributed by atoms with E-state index >= 15 is 0 Å². The number of cyclic esters (lactones) is 2. The van der Waals surface area contributed by atoms with Crippen molar-refractivity contribution >= 4 is 46.6 Å². The number of nitro benzene ring substituents is 4. The fourth-order valence-electron chi connectivity index (χ4n) is 3.73. The molecule has 4 aromatic carbocycles. The van der Waals surface area contributed by atoms with E-state index < -0.39 is 66.3 Å². The van der Waals surface area contributed by atoms with E-state index in [2.05, 4.69) is 4.74 Å². The second-order valence-corrected chi connectivity index (χ2v) is 9.56. The molecule has 0 amide bonds. The van der Waals surface area contributed by atoms with Gasteiger partial charge in [-0.15, -0.1) is 0 Å². The Labute approximate surface area is 282 Å². The number of ether oxygens (including phenoxy) is 3. The third-order valence-corrected chi connectivity index (χ3v) is 6.03. The number of non-ortho nitro benzene ring substituents is 4. The maximum absolute atomic E-state index is 11.9. The zero-order valence-electron chi connectivity index (χ0n) is 25.3. The molecule has 0 aliphatic carbocycles. The zero-order valence-corrected chi connectivity index (χ0v) is 25.3. The van der Waals surface area contributed by atoms with E-state index in [0.29, 0.717) is 0 Å². The summed E-state index contributed by atoms with van der Waals surface area (Å²) in [5, 5.41) is 62.0. The number of esters is 4. The van der Waals surface area contributed by atoms with Gasteiger partial charge in [-0.1, -0.05) is 24.3 Å². The van der Waals surface area contributed by atoms with Crippen molar-refractivity contribution in [3.05, 3.63) is 137 Å². The Kier molecular flexibility index (Phi) is 12.4. The number of rotatable bonds is 8. The van der Waals surface area contributed by atoms with Gasteiger partial charge in [-0.2, -0.15) is 0 Å². The van der Waals surface area contributed by atoms with Gasteiger partial charge in [0.2, 0.25) is 0 Å². The fourth-order valence-corrected chi connectivity index (χ4v) is 3.73. The maximum Gasteiger partial charge on any atom is 0.347 e. The first-order valence-corrected chi connectivity index (χ1v) is 13.7. The van der Waals surface area contributed by atoms with Crippen molar-refractivity contribution in [1.29, 1.82) is 0 Å². The van der Waals surface area contributed by atoms with Crippen LogP contribution in [-0.4, -0.2) is 53.8 Å². The molecule has 0 saturated carbocycles. The number of para-hydroxylation sites is 2. The minimum Gasteiger partial charge on any atom is -0.507 e. The summed E-state index contributed by atoms with van der Waals surface area (Å²) < 4.78 is 13.8. The first kappa shape index (κ1) is 37.6. The lowest BCUT2D eigenvalue weighted by molar-refractivity contribution is -0.394. The molecule has 1 aliphatic heterocycles. The number of nitrogens with zero attached hydrogens (tertiary/aromatic N) is 4. The topological polar surface area (TPSA) is 309 Å². The van der Waals surface area contributed by atoms with Crippen LogP contribution < -0.4 is 9.47 Å². The van der Waals surface area contributed by atoms with Crippen LogP contribution >= 0.6 is 0 Å². The number of carbonyl (C=O) groups excluding carboxylic acids is 4. The molecule has 1 saturated heterocycles. The highest BCUT2D eigenvalue weighted by atomic mass is 16.6. The number of aromatic hydroxyl groups is 2. The van der Waals surface area contributed by atoms with Crippen LogP contribution in [0.5, 0.6) is 23.0 Å². The lowest BCUT2D eigenvalue weighted by Gasteiger charge is -2.05. The van der Waals surface area contributed by atoms with Gasteiger partial charge in [-0.3, -0.25) is 50.0 Å². The minimum atomic E-state index is -0.993. The van der Waals surface area contributed by atoms with Crippen molar-refractivity contribution < 1.29 is 63.3 Å². The summed E-state index contributed by atoms with van der Waals surface area (Å²) in [6.45, 7) is 0. The van der Waals surface area contributed by atoms with Gasteiger partial charge in [-0.25, -0.2) is 9.59 Å². The lowest BCUT2D eigenvalue weighted by Crippen LogP contribution is -2.09. The number of phenols is 2. The molecule has 0 bridgehead atoms. The molecule has 51 heavy (non-hydrogen) atoms. The van der Waals surface area contributed by atoms with Crippen molar-refractivity contribution in [2.75, 3.05) is 0 Å². The van der Waals surface area contributed by atoms with Crippen LogP contribution in [0.4, 0.5) is 22.7 Å². The zero-order chi connectivity index (χ0) is 37.8. The molecular weight excluding hydrogens is 688 g/mol. The van der Waals surface area contributed by atoms with Gasteiger partial charge in [0.05, 0.1) is 68.9 Å². The molecule has 1 heterocycles. The maximum atomic E-state index is 11.9. The third kappa shape index (κ3) is 10.9. The summed E-state index contributed by atoms with van der Waals surface area (Å²) in [6, 6.07) is 16.0. The van der Waals surface area contributed by atoms with Gasteiger partial charge in [-0.05, 0) is 24.3 Å². The molecule has 5 rings (SSSR count). The molecule has 21 heteroatoms. The minimum absolute atomic E-state index is 0.170. The van der Waals surface area contributed by atoms with Crippen molar-refractivity contribution in [3.63, 3.8) is 0 Å². The van der Waals surface area contributed by atoms with Crippen LogP contribution in [-0.2, 0) is 14.3 Å². The van der Waals surface area contributed by atoms with Crippen LogP contribution in [0.15, 0.2) is 84.9 Å². The Hall–Kier alpha value is -7.84. The molecule has 0 atom stereocenters. The highest BCUT2D eigenvalue weighted by molar-refractivity contribution is 5.94. The SMILES string of the molecule is O=C(Oc1cc([N+](=O)[O-])cc([N+](=O)[O-])c1)c1ccccc1O.O=C(Oc1cc([N+](=O)[O-])cc([N+](=O)[O-])c1)c1ccccc1O.O=C1CCC(=O)O1. The van der Waals surface area contributed by atoms with Crippen molar-refractivity contribution in [2.24, 2.45) is 0 Å². The molecule has 262 valence electrons. The normalized spacial score (nSPS) is 11.4. The Bertz CT molecular complexity index is 1850. The van der Waals surface area contributed by atoms with Crippen molar-refractivity contribution in [2.45, 2.75) is 12.8 Å². The average Bonchev–Trinajstić information content (AvgIpc) is 3.47. The Morgan fingerprint density at radius 2 is 0.843 bits per heavy atom. The average molecular weight is 709 g/mol. The van der Waals surface area contributed by atoms with Gasteiger partial charge in [0.15, 0.2) is 0 Å². The summed E-state index contributed by atoms with van der Waals surface area (Å²) in [5.41, 5.74) is -2.69. The molecule has 0 aromatic heterocycles. The van der Waals surface area contributed by atoms with Crippen LogP contribution in [0.2, 0.25) is 0 Å². The summed E-state index contributed by atoms with van der Waals surface area (Å²) in [4.78, 5) is 83.4. The van der Waals surface area contributed by atoms with E-state index in [-0.39, 0.29) is 47.0 Å². The predicted molar refractivity (Wildman–Crippen MR) is 166 cm³/mol. The lowest BCUT2D eigenvalue weighted by atomic mass is 10.2. The van der Waals surface area contributed by atoms with Gasteiger partial charge >= 0.3 is 23.9 Å². The molecule has 0 unspecified atom stereocenters. The summed E-state index contributed by atoms with van der Waals surface area (Å²) in [5.74, 6) is -4.20. The molecule has 0 radical (unpaired) electrons. The highest BCUT2D eigenvalue weighted by Gasteiger charge is 2.22. The summed E-state index contributed by atoms with van der Waals surface area (Å²) in [6.07, 6.45) is 0.525. The Morgan fingerprint density at radius 3 is 1.08 bits per heavy atom. The Morgan fingerprint density at radius 1 is 0.549 bits per heavy atom. The molecule has 4 aromatic rings. The summed E-state index contributed by atoms with van der Waals surface area (Å²) in [7, 11) is 0. The fraction of sp³-hybridized carbons (Fsp3) is 0.0667. The van der Waals surface area contributed by atoms with Gasteiger partial charge in [0.25, 0.3) is 22.7 Å². The first-order chi connectivity index (χ1) is 24.0. The Balaban J connectivity index is 0.000000231. The molecular formula is C30H20N4O17. The van der Waals surface area contributed by atoms with Crippen LogP contribution in [0.1, 0.15) is 33.6 Å². The molecule has 0 spiro atoms. The van der Waals surface area contributed by atoms with Gasteiger partial charge < -0.3 is 24.4 Å². The first-order valence-electron chi connectivity index (χ1n) is 13.7. The third-order valence-electron chi connectivity index (χ3n) is 6.03. The second-order valence-electron chi connectivity index (χ2n) is 9.56. The summed E-state index contributed by atoms with van der Waals surface area (Å²) >= 11 is 0. The van der Waals surface area contributed by atoms with Crippen molar-refractivity contribution in [1.82, 2.24) is 0 Å². The van der Waals surface area contributed by atoms with E-state index in [4.69, 9.17) is 9.47 Å². The molecule has 1 aliphatic rings. The van der Waals surface area contributed by atoms with E-state index in [0.717, 1.165) is 36.4 Å². The monoisotopic (exact) mass is 708 g/mol. The van der Waals surface area contributed by atoms with Crippen LogP contribution in [0, 0.1) is 40.5 Å². The molecule has 1 fully saturated rings. The molecule has 2 N–H and O–H groups in total. The number of carbonyl (C=O) groups is 4. The largest absolute Gasteiger partial charge is 0.507 e. The highest BCUT2D eigenvalue weighted by Crippen LogP contribution is 2.30. The number of hydrogen-bond donors (Lipinski definition) is 2. The number of benzene rings is 4. The number of nitro groups is 4. The number of hydrogen-bond acceptors (Lipinski definition) is 17. The molecule has 21 nitrogen and oxygen atoms in total. The smallest absolute Gasteiger partial charge is 0.347 e. The predicted octanol–water partition coefficient (Wildman–Crippen LogP) is 4.71. The van der Waals surface area contributed by atoms with E-state index in [9.17, 15) is 69.8 Å². The van der Waals surface area contributed by atoms with Gasteiger partial charge in [0, 0.05) is 0 Å². The van der Waals surface area contributed by atoms with Crippen molar-refractivity contribution in [3.8, 4) is 23.0 Å². The van der Waals surface area contributed by atoms with E-state index in [1.54, 1.807) is 0 Å². The second kappa shape index (κ2) is 16.8. The number of phenolic OH excluding ortho intramolecular Hbond substituents is 2. The van der Waals surface area contributed by atoms with E-state index in [1.165, 1.54) is 48.5 Å². The van der Waals surface area contributed by atoms with E-state index in [1.807, 2.05) is 0 Å².